The highest BCUT2D eigenvalue weighted by atomic mass is 35.5. The zero-order valence-corrected chi connectivity index (χ0v) is 17.3. The number of nitrogens with one attached hydrogen (secondary N) is 1. The van der Waals surface area contributed by atoms with Crippen LogP contribution in [0.1, 0.15) is 28.9 Å². The fourth-order valence-electron chi connectivity index (χ4n) is 3.49. The Kier molecular flexibility index (Phi) is 7.84. The van der Waals surface area contributed by atoms with Crippen molar-refractivity contribution in [2.75, 3.05) is 20.3 Å². The van der Waals surface area contributed by atoms with E-state index >= 15 is 0 Å². The second-order valence-corrected chi connectivity index (χ2v) is 7.36. The van der Waals surface area contributed by atoms with Crippen molar-refractivity contribution in [3.8, 4) is 11.6 Å². The molecule has 158 valence electrons. The molecule has 0 bridgehead atoms. The molecule has 7 nitrogen and oxygen atoms in total. The number of rotatable bonds is 7. The lowest BCUT2D eigenvalue weighted by Crippen LogP contribution is -2.40. The molecule has 0 radical (unpaired) electrons. The first-order valence-corrected chi connectivity index (χ1v) is 9.26. The van der Waals surface area contributed by atoms with Crippen molar-refractivity contribution in [2.45, 2.75) is 32.0 Å². The van der Waals surface area contributed by atoms with E-state index < -0.39 is 17.6 Å². The van der Waals surface area contributed by atoms with E-state index in [1.807, 2.05) is 19.1 Å². The van der Waals surface area contributed by atoms with Gasteiger partial charge in [0.25, 0.3) is 5.91 Å². The second-order valence-electron chi connectivity index (χ2n) is 7.36. The van der Waals surface area contributed by atoms with Gasteiger partial charge in [0, 0.05) is 29.3 Å². The van der Waals surface area contributed by atoms with Crippen LogP contribution in [0.3, 0.4) is 0 Å². The zero-order chi connectivity index (χ0) is 20.1. The highest BCUT2D eigenvalue weighted by Crippen LogP contribution is 2.38. The maximum absolute atomic E-state index is 12.5. The van der Waals surface area contributed by atoms with E-state index in [-0.39, 0.29) is 31.5 Å². The summed E-state index contributed by atoms with van der Waals surface area (Å²) in [6, 6.07) is 12.3. The van der Waals surface area contributed by atoms with E-state index in [0.29, 0.717) is 30.0 Å². The fourth-order valence-corrected chi connectivity index (χ4v) is 3.49. The Balaban J connectivity index is 0.00000300. The van der Waals surface area contributed by atoms with Crippen molar-refractivity contribution in [1.82, 2.24) is 10.3 Å². The van der Waals surface area contributed by atoms with Crippen molar-refractivity contribution < 1.29 is 24.5 Å². The van der Waals surface area contributed by atoms with Gasteiger partial charge >= 0.3 is 0 Å². The summed E-state index contributed by atoms with van der Waals surface area (Å²) < 4.78 is 10.9. The van der Waals surface area contributed by atoms with Gasteiger partial charge in [0.2, 0.25) is 5.88 Å². The highest BCUT2D eigenvalue weighted by Gasteiger charge is 2.45. The van der Waals surface area contributed by atoms with Crippen LogP contribution in [0.4, 0.5) is 0 Å². The third-order valence-electron chi connectivity index (χ3n) is 5.09. The van der Waals surface area contributed by atoms with Crippen molar-refractivity contribution in [3.63, 3.8) is 0 Å². The van der Waals surface area contributed by atoms with Gasteiger partial charge < -0.3 is 25.0 Å². The minimum absolute atomic E-state index is 0. The number of aromatic nitrogens is 1. The average Bonchev–Trinajstić information content (AvgIpc) is 2.99. The Morgan fingerprint density at radius 1 is 1.17 bits per heavy atom. The number of aliphatic hydroxyl groups excluding tert-OH is 2. The molecule has 1 unspecified atom stereocenters. The second kappa shape index (κ2) is 9.91. The largest absolute Gasteiger partial charge is 0.497 e. The standard InChI is InChI=1S/C21H26N2O5.ClH/c1-14-4-3-5-19(23-14)28-13-21(10-17(24)18(25)11-21)12-22-20(26)15-6-8-16(27-2)9-7-15;/h3-9,17-18,24-25H,10-13H2,1-2H3,(H,22,26);1H/t17-,18+,21?;. The number of carbonyl (C=O) groups is 1. The van der Waals surface area contributed by atoms with Crippen molar-refractivity contribution in [3.05, 3.63) is 53.7 Å². The summed E-state index contributed by atoms with van der Waals surface area (Å²) in [4.78, 5) is 16.8. The van der Waals surface area contributed by atoms with E-state index in [9.17, 15) is 15.0 Å². The summed E-state index contributed by atoms with van der Waals surface area (Å²) in [5.41, 5.74) is 0.772. The zero-order valence-electron chi connectivity index (χ0n) is 16.5. The van der Waals surface area contributed by atoms with E-state index in [2.05, 4.69) is 10.3 Å². The number of carbonyl (C=O) groups excluding carboxylic acids is 1. The topological polar surface area (TPSA) is 101 Å². The maximum atomic E-state index is 12.5. The molecule has 1 aliphatic carbocycles. The molecule has 1 heterocycles. The molecule has 3 atom stereocenters. The third-order valence-corrected chi connectivity index (χ3v) is 5.09. The van der Waals surface area contributed by atoms with Crippen LogP contribution in [-0.4, -0.2) is 53.6 Å². The van der Waals surface area contributed by atoms with Crippen molar-refractivity contribution >= 4 is 18.3 Å². The first-order valence-electron chi connectivity index (χ1n) is 9.26. The van der Waals surface area contributed by atoms with Gasteiger partial charge in [-0.1, -0.05) is 6.07 Å². The van der Waals surface area contributed by atoms with Crippen LogP contribution >= 0.6 is 12.4 Å². The third kappa shape index (κ3) is 5.82. The molecule has 29 heavy (non-hydrogen) atoms. The molecule has 1 aromatic heterocycles. The number of benzene rings is 1. The van der Waals surface area contributed by atoms with E-state index in [4.69, 9.17) is 9.47 Å². The number of halogens is 1. The lowest BCUT2D eigenvalue weighted by atomic mass is 9.86. The van der Waals surface area contributed by atoms with Crippen molar-refractivity contribution in [1.29, 1.82) is 0 Å². The van der Waals surface area contributed by atoms with Crippen molar-refractivity contribution in [2.24, 2.45) is 5.41 Å². The van der Waals surface area contributed by atoms with Gasteiger partial charge in [-0.25, -0.2) is 4.98 Å². The van der Waals surface area contributed by atoms with E-state index in [0.717, 1.165) is 5.69 Å². The van der Waals surface area contributed by atoms with Gasteiger partial charge in [0.05, 0.1) is 25.9 Å². The fraction of sp³-hybridized carbons (Fsp3) is 0.429. The summed E-state index contributed by atoms with van der Waals surface area (Å²) in [6.45, 7) is 2.39. The van der Waals surface area contributed by atoms with E-state index in [1.165, 1.54) is 0 Å². The molecule has 2 aromatic rings. The molecule has 0 spiro atoms. The molecule has 1 fully saturated rings. The molecule has 0 saturated heterocycles. The van der Waals surface area contributed by atoms with Crippen LogP contribution in [0.5, 0.6) is 11.6 Å². The first kappa shape index (κ1) is 22.9. The van der Waals surface area contributed by atoms with Gasteiger partial charge in [-0.3, -0.25) is 4.79 Å². The summed E-state index contributed by atoms with van der Waals surface area (Å²) in [6.07, 6.45) is -1.01. The number of ether oxygens (including phenoxy) is 2. The quantitative estimate of drug-likeness (QED) is 0.632. The van der Waals surface area contributed by atoms with Gasteiger partial charge in [-0.2, -0.15) is 0 Å². The number of pyridine rings is 1. The highest BCUT2D eigenvalue weighted by molar-refractivity contribution is 5.94. The summed E-state index contributed by atoms with van der Waals surface area (Å²) in [5.74, 6) is 0.928. The summed E-state index contributed by atoms with van der Waals surface area (Å²) in [5, 5.41) is 23.0. The molecule has 3 N–H and O–H groups in total. The number of amides is 1. The number of methoxy groups -OCH3 is 1. The van der Waals surface area contributed by atoms with Gasteiger partial charge in [-0.15, -0.1) is 12.4 Å². The summed E-state index contributed by atoms with van der Waals surface area (Å²) >= 11 is 0. The average molecular weight is 423 g/mol. The summed E-state index contributed by atoms with van der Waals surface area (Å²) in [7, 11) is 1.57. The van der Waals surface area contributed by atoms with Crippen LogP contribution in [0, 0.1) is 12.3 Å². The Labute approximate surface area is 176 Å². The molecule has 8 heteroatoms. The number of aliphatic hydroxyl groups is 2. The predicted octanol–water partition coefficient (Wildman–Crippen LogP) is 2.13. The van der Waals surface area contributed by atoms with Crippen LogP contribution in [-0.2, 0) is 0 Å². The van der Waals surface area contributed by atoms with Gasteiger partial charge in [0.15, 0.2) is 0 Å². The molecule has 1 saturated carbocycles. The molecule has 3 rings (SSSR count). The Hall–Kier alpha value is -2.35. The molecule has 1 amide bonds. The van der Waals surface area contributed by atoms with Crippen LogP contribution in [0.2, 0.25) is 0 Å². The predicted molar refractivity (Wildman–Crippen MR) is 111 cm³/mol. The normalized spacial score (nSPS) is 23.2. The number of hydrogen-bond acceptors (Lipinski definition) is 6. The van der Waals surface area contributed by atoms with Crippen LogP contribution in [0.15, 0.2) is 42.5 Å². The lowest BCUT2D eigenvalue weighted by Gasteiger charge is -2.29. The first-order chi connectivity index (χ1) is 13.4. The monoisotopic (exact) mass is 422 g/mol. The minimum atomic E-state index is -0.841. The maximum Gasteiger partial charge on any atom is 0.251 e. The number of hydrogen-bond donors (Lipinski definition) is 3. The number of nitrogens with zero attached hydrogens (tertiary/aromatic N) is 1. The SMILES string of the molecule is COc1ccc(C(=O)NCC2(COc3cccc(C)n3)C[C@@H](O)[C@@H](O)C2)cc1.Cl. The van der Waals surface area contributed by atoms with Crippen LogP contribution in [0.25, 0.3) is 0 Å². The number of aryl methyl sites for hydroxylation is 1. The molecule has 1 aromatic carbocycles. The van der Waals surface area contributed by atoms with Gasteiger partial charge in [-0.05, 0) is 50.1 Å². The smallest absolute Gasteiger partial charge is 0.251 e. The molecule has 0 aliphatic heterocycles. The molecular formula is C21H27ClN2O5. The van der Waals surface area contributed by atoms with Gasteiger partial charge in [0.1, 0.15) is 5.75 Å². The Bertz CT molecular complexity index is 805. The minimum Gasteiger partial charge on any atom is -0.497 e. The molecular weight excluding hydrogens is 396 g/mol. The van der Waals surface area contributed by atoms with Crippen LogP contribution < -0.4 is 14.8 Å². The Morgan fingerprint density at radius 3 is 2.41 bits per heavy atom. The Morgan fingerprint density at radius 2 is 1.83 bits per heavy atom. The lowest BCUT2D eigenvalue weighted by molar-refractivity contribution is 0.0438. The van der Waals surface area contributed by atoms with E-state index in [1.54, 1.807) is 37.4 Å². The molecule has 1 aliphatic rings.